The SMILES string of the molecule is CCNCCCC(C)N(CC)CC. The molecule has 13 heavy (non-hydrogen) atoms. The Hall–Kier alpha value is -0.0800. The Morgan fingerprint density at radius 2 is 1.77 bits per heavy atom. The summed E-state index contributed by atoms with van der Waals surface area (Å²) in [6, 6.07) is 0.744. The molecule has 1 N–H and O–H groups in total. The van der Waals surface area contributed by atoms with Gasteiger partial charge in [0, 0.05) is 6.04 Å². The van der Waals surface area contributed by atoms with Crippen molar-refractivity contribution in [3.05, 3.63) is 0 Å². The molecule has 2 heteroatoms. The van der Waals surface area contributed by atoms with Crippen LogP contribution in [0.4, 0.5) is 0 Å². The molecule has 1 atom stereocenters. The summed E-state index contributed by atoms with van der Waals surface area (Å²) in [5, 5.41) is 3.36. The van der Waals surface area contributed by atoms with Gasteiger partial charge in [-0.1, -0.05) is 20.8 Å². The molecule has 2 nitrogen and oxygen atoms in total. The maximum Gasteiger partial charge on any atom is 0.00671 e. The van der Waals surface area contributed by atoms with Gasteiger partial charge in [-0.05, 0) is 45.9 Å². The third-order valence-corrected chi connectivity index (χ3v) is 2.66. The highest BCUT2D eigenvalue weighted by molar-refractivity contribution is 4.64. The largest absolute Gasteiger partial charge is 0.317 e. The second kappa shape index (κ2) is 8.52. The Kier molecular flexibility index (Phi) is 8.46. The molecule has 0 aliphatic carbocycles. The molecule has 0 aromatic carbocycles. The van der Waals surface area contributed by atoms with Crippen molar-refractivity contribution in [2.24, 2.45) is 0 Å². The molecule has 0 aromatic rings. The van der Waals surface area contributed by atoms with E-state index in [1.54, 1.807) is 0 Å². The van der Waals surface area contributed by atoms with Gasteiger partial charge in [-0.2, -0.15) is 0 Å². The maximum absolute atomic E-state index is 3.36. The fourth-order valence-electron chi connectivity index (χ4n) is 1.73. The van der Waals surface area contributed by atoms with Crippen molar-refractivity contribution in [3.8, 4) is 0 Å². The molecular weight excluding hydrogens is 160 g/mol. The smallest absolute Gasteiger partial charge is 0.00671 e. The molecule has 80 valence electrons. The van der Waals surface area contributed by atoms with Crippen molar-refractivity contribution >= 4 is 0 Å². The molecule has 0 bridgehead atoms. The van der Waals surface area contributed by atoms with E-state index in [1.807, 2.05) is 0 Å². The molecule has 0 heterocycles. The Bertz CT molecular complexity index is 100. The normalized spacial score (nSPS) is 13.6. The number of hydrogen-bond donors (Lipinski definition) is 1. The van der Waals surface area contributed by atoms with Gasteiger partial charge < -0.3 is 10.2 Å². The summed E-state index contributed by atoms with van der Waals surface area (Å²) < 4.78 is 0. The van der Waals surface area contributed by atoms with Crippen LogP contribution in [0.1, 0.15) is 40.5 Å². The van der Waals surface area contributed by atoms with Crippen LogP contribution >= 0.6 is 0 Å². The first-order chi connectivity index (χ1) is 6.26. The van der Waals surface area contributed by atoms with E-state index in [4.69, 9.17) is 0 Å². The summed E-state index contributed by atoms with van der Waals surface area (Å²) >= 11 is 0. The van der Waals surface area contributed by atoms with Crippen LogP contribution in [-0.4, -0.2) is 37.1 Å². The van der Waals surface area contributed by atoms with Gasteiger partial charge in [-0.15, -0.1) is 0 Å². The minimum Gasteiger partial charge on any atom is -0.317 e. The van der Waals surface area contributed by atoms with Crippen LogP contribution in [0.3, 0.4) is 0 Å². The van der Waals surface area contributed by atoms with E-state index in [0.29, 0.717) is 0 Å². The van der Waals surface area contributed by atoms with Crippen LogP contribution in [0.2, 0.25) is 0 Å². The number of rotatable bonds is 8. The molecule has 0 fully saturated rings. The second-order valence-electron chi connectivity index (χ2n) is 3.57. The standard InChI is InChI=1S/C11H26N2/c1-5-12-10-8-9-11(4)13(6-2)7-3/h11-12H,5-10H2,1-4H3. The Labute approximate surface area is 83.7 Å². The van der Waals surface area contributed by atoms with Crippen LogP contribution in [0.15, 0.2) is 0 Å². The lowest BCUT2D eigenvalue weighted by molar-refractivity contribution is 0.218. The first kappa shape index (κ1) is 12.9. The summed E-state index contributed by atoms with van der Waals surface area (Å²) in [5.74, 6) is 0. The van der Waals surface area contributed by atoms with Gasteiger partial charge in [0.05, 0.1) is 0 Å². The molecule has 0 radical (unpaired) electrons. The fourth-order valence-corrected chi connectivity index (χ4v) is 1.73. The van der Waals surface area contributed by atoms with E-state index in [-0.39, 0.29) is 0 Å². The van der Waals surface area contributed by atoms with Gasteiger partial charge in [0.15, 0.2) is 0 Å². The van der Waals surface area contributed by atoms with E-state index in [9.17, 15) is 0 Å². The number of nitrogens with one attached hydrogen (secondary N) is 1. The highest BCUT2D eigenvalue weighted by Crippen LogP contribution is 2.04. The van der Waals surface area contributed by atoms with Crippen molar-refractivity contribution in [3.63, 3.8) is 0 Å². The quantitative estimate of drug-likeness (QED) is 0.584. The molecule has 0 aliphatic heterocycles. The summed E-state index contributed by atoms with van der Waals surface area (Å²) in [4.78, 5) is 2.52. The van der Waals surface area contributed by atoms with Gasteiger partial charge >= 0.3 is 0 Å². The molecule has 0 aliphatic rings. The highest BCUT2D eigenvalue weighted by atomic mass is 15.1. The number of hydrogen-bond acceptors (Lipinski definition) is 2. The van der Waals surface area contributed by atoms with Gasteiger partial charge in [-0.25, -0.2) is 0 Å². The summed E-state index contributed by atoms with van der Waals surface area (Å²) in [6.07, 6.45) is 2.61. The van der Waals surface area contributed by atoms with Crippen molar-refractivity contribution in [2.75, 3.05) is 26.2 Å². The molecule has 0 saturated carbocycles. The molecule has 0 saturated heterocycles. The zero-order valence-electron chi connectivity index (χ0n) is 9.77. The summed E-state index contributed by atoms with van der Waals surface area (Å²) in [6.45, 7) is 13.6. The molecule has 1 unspecified atom stereocenters. The van der Waals surface area contributed by atoms with Crippen molar-refractivity contribution in [1.82, 2.24) is 10.2 Å². The van der Waals surface area contributed by atoms with Gasteiger partial charge in [0.2, 0.25) is 0 Å². The van der Waals surface area contributed by atoms with E-state index in [1.165, 1.54) is 32.5 Å². The molecule has 0 amide bonds. The predicted octanol–water partition coefficient (Wildman–Crippen LogP) is 2.11. The minimum absolute atomic E-state index is 0.744. The van der Waals surface area contributed by atoms with Gasteiger partial charge in [0.25, 0.3) is 0 Å². The predicted molar refractivity (Wildman–Crippen MR) is 60.2 cm³/mol. The average Bonchev–Trinajstić information content (AvgIpc) is 2.14. The number of nitrogens with zero attached hydrogens (tertiary/aromatic N) is 1. The van der Waals surface area contributed by atoms with Gasteiger partial charge in [-0.3, -0.25) is 0 Å². The van der Waals surface area contributed by atoms with Crippen molar-refractivity contribution < 1.29 is 0 Å². The lowest BCUT2D eigenvalue weighted by Crippen LogP contribution is -2.33. The average molecular weight is 186 g/mol. The molecular formula is C11H26N2. The van der Waals surface area contributed by atoms with Gasteiger partial charge in [0.1, 0.15) is 0 Å². The minimum atomic E-state index is 0.744. The van der Waals surface area contributed by atoms with Crippen LogP contribution in [0.25, 0.3) is 0 Å². The maximum atomic E-state index is 3.36. The van der Waals surface area contributed by atoms with E-state index < -0.39 is 0 Å². The lowest BCUT2D eigenvalue weighted by Gasteiger charge is -2.26. The topological polar surface area (TPSA) is 15.3 Å². The van der Waals surface area contributed by atoms with E-state index >= 15 is 0 Å². The summed E-state index contributed by atoms with van der Waals surface area (Å²) in [7, 11) is 0. The van der Waals surface area contributed by atoms with Crippen LogP contribution in [-0.2, 0) is 0 Å². The summed E-state index contributed by atoms with van der Waals surface area (Å²) in [5.41, 5.74) is 0. The zero-order valence-corrected chi connectivity index (χ0v) is 9.77. The highest BCUT2D eigenvalue weighted by Gasteiger charge is 2.08. The third kappa shape index (κ3) is 6.05. The molecule has 0 aromatic heterocycles. The zero-order chi connectivity index (χ0) is 10.1. The first-order valence-corrected chi connectivity index (χ1v) is 5.70. The Balaban J connectivity index is 3.42. The molecule has 0 rings (SSSR count). The fraction of sp³-hybridized carbons (Fsp3) is 1.00. The van der Waals surface area contributed by atoms with Crippen molar-refractivity contribution in [1.29, 1.82) is 0 Å². The monoisotopic (exact) mass is 186 g/mol. The molecule has 0 spiro atoms. The van der Waals surface area contributed by atoms with Crippen LogP contribution < -0.4 is 5.32 Å². The lowest BCUT2D eigenvalue weighted by atomic mass is 10.1. The van der Waals surface area contributed by atoms with E-state index in [0.717, 1.165) is 12.6 Å². The van der Waals surface area contributed by atoms with Crippen molar-refractivity contribution in [2.45, 2.75) is 46.6 Å². The van der Waals surface area contributed by atoms with E-state index in [2.05, 4.69) is 37.9 Å². The Morgan fingerprint density at radius 3 is 2.23 bits per heavy atom. The van der Waals surface area contributed by atoms with Crippen LogP contribution in [0, 0.1) is 0 Å². The first-order valence-electron chi connectivity index (χ1n) is 5.70. The Morgan fingerprint density at radius 1 is 1.15 bits per heavy atom. The van der Waals surface area contributed by atoms with Crippen LogP contribution in [0.5, 0.6) is 0 Å². The third-order valence-electron chi connectivity index (χ3n) is 2.66. The second-order valence-corrected chi connectivity index (χ2v) is 3.57.